The zero-order valence-corrected chi connectivity index (χ0v) is 9.52. The molecule has 2 unspecified atom stereocenters. The van der Waals surface area contributed by atoms with Gasteiger partial charge in [0.05, 0.1) is 12.7 Å². The summed E-state index contributed by atoms with van der Waals surface area (Å²) >= 11 is 0. The van der Waals surface area contributed by atoms with Gasteiger partial charge in [0.1, 0.15) is 6.10 Å². The van der Waals surface area contributed by atoms with Crippen molar-refractivity contribution >= 4 is 16.7 Å². The molecule has 3 nitrogen and oxygen atoms in total. The highest BCUT2D eigenvalue weighted by molar-refractivity contribution is 7.09. The zero-order chi connectivity index (χ0) is 9.68. The molecule has 0 saturated carbocycles. The van der Waals surface area contributed by atoms with Crippen molar-refractivity contribution in [2.45, 2.75) is 38.4 Å². The Morgan fingerprint density at radius 1 is 1.62 bits per heavy atom. The molecule has 1 aliphatic heterocycles. The molecule has 0 radical (unpaired) electrons. The largest absolute Gasteiger partial charge is 0.379 e. The van der Waals surface area contributed by atoms with E-state index in [0.29, 0.717) is 12.6 Å². The van der Waals surface area contributed by atoms with Crippen LogP contribution in [0.5, 0.6) is 0 Å². The van der Waals surface area contributed by atoms with Crippen LogP contribution in [0.3, 0.4) is 0 Å². The van der Waals surface area contributed by atoms with Crippen molar-refractivity contribution in [3.8, 4) is 0 Å². The van der Waals surface area contributed by atoms with Gasteiger partial charge in [-0.1, -0.05) is 6.82 Å². The Labute approximate surface area is 83.0 Å². The van der Waals surface area contributed by atoms with Gasteiger partial charge < -0.3 is 14.0 Å². The maximum absolute atomic E-state index is 5.75. The van der Waals surface area contributed by atoms with Crippen molar-refractivity contribution in [3.05, 3.63) is 0 Å². The second-order valence-corrected chi connectivity index (χ2v) is 3.55. The summed E-state index contributed by atoms with van der Waals surface area (Å²) < 4.78 is 16.3. The molecule has 1 aliphatic rings. The minimum absolute atomic E-state index is 0.113. The van der Waals surface area contributed by atoms with Gasteiger partial charge in [-0.05, 0) is 13.3 Å². The molecule has 4 atom stereocenters. The van der Waals surface area contributed by atoms with Crippen LogP contribution < -0.4 is 0 Å². The van der Waals surface area contributed by atoms with Crippen molar-refractivity contribution in [1.82, 2.24) is 0 Å². The molecular formula is C8H18BO3P. The fourth-order valence-corrected chi connectivity index (χ4v) is 1.87. The Morgan fingerprint density at radius 3 is 2.92 bits per heavy atom. The van der Waals surface area contributed by atoms with E-state index in [4.69, 9.17) is 14.0 Å². The lowest BCUT2D eigenvalue weighted by atomic mass is 9.73. The molecule has 0 bridgehead atoms. The molecule has 0 aromatic rings. The quantitative estimate of drug-likeness (QED) is 0.489. The molecular weight excluding hydrogens is 186 g/mol. The van der Waals surface area contributed by atoms with E-state index in [2.05, 4.69) is 16.3 Å². The van der Waals surface area contributed by atoms with Crippen LogP contribution in [0.25, 0.3) is 0 Å². The van der Waals surface area contributed by atoms with Crippen LogP contribution in [-0.4, -0.2) is 38.7 Å². The highest BCUT2D eigenvalue weighted by Gasteiger charge is 2.34. The Hall–Kier alpha value is 0.375. The van der Waals surface area contributed by atoms with E-state index in [9.17, 15) is 0 Å². The molecule has 0 N–H and O–H groups in total. The van der Waals surface area contributed by atoms with Gasteiger partial charge in [0, 0.05) is 22.1 Å². The number of hydrogen-bond donors (Lipinski definition) is 0. The van der Waals surface area contributed by atoms with E-state index >= 15 is 0 Å². The van der Waals surface area contributed by atoms with E-state index in [1.807, 2.05) is 6.92 Å². The van der Waals surface area contributed by atoms with Crippen LogP contribution in [0.15, 0.2) is 0 Å². The summed E-state index contributed by atoms with van der Waals surface area (Å²) in [6.45, 7) is 5.50. The highest BCUT2D eigenvalue weighted by Crippen LogP contribution is 2.24. The molecule has 76 valence electrons. The van der Waals surface area contributed by atoms with E-state index < -0.39 is 0 Å². The van der Waals surface area contributed by atoms with Gasteiger partial charge in [0.25, 0.3) is 0 Å². The van der Waals surface area contributed by atoms with Gasteiger partial charge in [-0.3, -0.25) is 0 Å². The molecule has 1 heterocycles. The van der Waals surface area contributed by atoms with Gasteiger partial charge in [-0.15, -0.1) is 0 Å². The second-order valence-electron chi connectivity index (χ2n) is 3.27. The smallest absolute Gasteiger partial charge is 0.154 e. The van der Waals surface area contributed by atoms with Crippen LogP contribution in [0.1, 0.15) is 13.3 Å². The molecule has 5 heteroatoms. The third-order valence-corrected chi connectivity index (χ3v) is 2.74. The summed E-state index contributed by atoms with van der Waals surface area (Å²) in [5, 5.41) is 0. The lowest BCUT2D eigenvalue weighted by Gasteiger charge is -2.16. The first-order valence-corrected chi connectivity index (χ1v) is 5.37. The monoisotopic (exact) mass is 204 g/mol. The zero-order valence-electron chi connectivity index (χ0n) is 8.36. The van der Waals surface area contributed by atoms with Crippen molar-refractivity contribution < 1.29 is 14.0 Å². The number of rotatable bonds is 5. The summed E-state index contributed by atoms with van der Waals surface area (Å²) in [4.78, 5) is 0. The van der Waals surface area contributed by atoms with Gasteiger partial charge in [-0.2, -0.15) is 0 Å². The average molecular weight is 204 g/mol. The molecule has 1 rings (SSSR count). The summed E-state index contributed by atoms with van der Waals surface area (Å²) in [6.07, 6.45) is 1.28. The predicted octanol–water partition coefficient (Wildman–Crippen LogP) is 0.798. The maximum Gasteiger partial charge on any atom is 0.154 e. The first-order valence-electron chi connectivity index (χ1n) is 4.90. The lowest BCUT2D eigenvalue weighted by molar-refractivity contribution is -0.0184. The highest BCUT2D eigenvalue weighted by atomic mass is 31.0. The lowest BCUT2D eigenvalue weighted by Crippen LogP contribution is -2.27. The first kappa shape index (κ1) is 11.4. The maximum atomic E-state index is 5.75. The average Bonchev–Trinajstić information content (AvgIpc) is 2.57. The van der Waals surface area contributed by atoms with Crippen LogP contribution >= 0.6 is 9.47 Å². The van der Waals surface area contributed by atoms with E-state index in [1.165, 1.54) is 0 Å². The molecule has 13 heavy (non-hydrogen) atoms. The Kier molecular flexibility index (Phi) is 5.26. The number of hydrogen-bond acceptors (Lipinski definition) is 3. The van der Waals surface area contributed by atoms with Crippen molar-refractivity contribution in [2.24, 2.45) is 0 Å². The standard InChI is InChI=1S/C8H18BO3P/c1-3-10-5-7-6(12-13)4-8(9-2)11-7/h6-9H,3-5,13H2,1-2H3/t6?,7-,8-/m1/s1. The third-order valence-electron chi connectivity index (χ3n) is 2.39. The minimum Gasteiger partial charge on any atom is -0.379 e. The van der Waals surface area contributed by atoms with Crippen LogP contribution in [0, 0.1) is 0 Å². The topological polar surface area (TPSA) is 27.7 Å². The predicted molar refractivity (Wildman–Crippen MR) is 57.4 cm³/mol. The van der Waals surface area contributed by atoms with Crippen molar-refractivity contribution in [2.75, 3.05) is 13.2 Å². The number of ether oxygens (including phenoxy) is 2. The normalized spacial score (nSPS) is 33.6. The van der Waals surface area contributed by atoms with Crippen LogP contribution in [0.4, 0.5) is 0 Å². The van der Waals surface area contributed by atoms with Gasteiger partial charge >= 0.3 is 0 Å². The fraction of sp³-hybridized carbons (Fsp3) is 1.00. The second kappa shape index (κ2) is 5.97. The van der Waals surface area contributed by atoms with Gasteiger partial charge in [0.15, 0.2) is 7.28 Å². The molecule has 0 aliphatic carbocycles. The molecule has 1 saturated heterocycles. The fourth-order valence-electron chi connectivity index (χ4n) is 1.59. The van der Waals surface area contributed by atoms with Crippen molar-refractivity contribution in [3.63, 3.8) is 0 Å². The summed E-state index contributed by atoms with van der Waals surface area (Å²) in [5.74, 6) is 0. The first-order chi connectivity index (χ1) is 6.31. The minimum atomic E-state index is 0.113. The Bertz CT molecular complexity index is 147. The van der Waals surface area contributed by atoms with Crippen LogP contribution in [-0.2, 0) is 14.0 Å². The summed E-state index contributed by atoms with van der Waals surface area (Å²) in [6, 6.07) is 0.344. The SMILES string of the molecule is CB[C@H]1CC(OP)[C@@H](COCC)O1. The molecule has 0 spiro atoms. The van der Waals surface area contributed by atoms with E-state index in [-0.39, 0.29) is 12.2 Å². The molecule has 0 aromatic heterocycles. The third kappa shape index (κ3) is 3.21. The molecule has 1 fully saturated rings. The van der Waals surface area contributed by atoms with E-state index in [0.717, 1.165) is 20.3 Å². The Morgan fingerprint density at radius 2 is 2.38 bits per heavy atom. The molecule has 0 aromatic carbocycles. The van der Waals surface area contributed by atoms with Crippen LogP contribution in [0.2, 0.25) is 6.82 Å². The Balaban J connectivity index is 2.33. The summed E-state index contributed by atoms with van der Waals surface area (Å²) in [5.41, 5.74) is 0. The molecule has 0 amide bonds. The summed E-state index contributed by atoms with van der Waals surface area (Å²) in [7, 11) is 3.36. The van der Waals surface area contributed by atoms with Gasteiger partial charge in [0.2, 0.25) is 0 Å². The van der Waals surface area contributed by atoms with E-state index in [1.54, 1.807) is 0 Å². The van der Waals surface area contributed by atoms with Crippen molar-refractivity contribution in [1.29, 1.82) is 0 Å². The van der Waals surface area contributed by atoms with Gasteiger partial charge in [-0.25, -0.2) is 0 Å².